The maximum absolute atomic E-state index is 12.4. The molecule has 1 aliphatic heterocycles. The maximum atomic E-state index is 12.4. The number of nitrogens with zero attached hydrogens (tertiary/aromatic N) is 1. The lowest BCUT2D eigenvalue weighted by molar-refractivity contribution is -0.126. The van der Waals surface area contributed by atoms with E-state index in [-0.39, 0.29) is 43.8 Å². The molecule has 1 fully saturated rings. The lowest BCUT2D eigenvalue weighted by Crippen LogP contribution is -2.36. The molecule has 2 aromatic carbocycles. The molecule has 2 atom stereocenters. The molecule has 1 aliphatic rings. The molecule has 9 heteroatoms. The van der Waals surface area contributed by atoms with Gasteiger partial charge in [-0.2, -0.15) is 0 Å². The van der Waals surface area contributed by atoms with Gasteiger partial charge in [-0.05, 0) is 61.9 Å². The lowest BCUT2D eigenvalue weighted by atomic mass is 10.1. The van der Waals surface area contributed by atoms with Crippen molar-refractivity contribution in [3.05, 3.63) is 52.5 Å². The fourth-order valence-electron chi connectivity index (χ4n) is 3.32. The molecule has 2 aromatic rings. The number of carbonyl (C=O) groups is 3. The second-order valence-corrected chi connectivity index (χ2v) is 8.65. The summed E-state index contributed by atoms with van der Waals surface area (Å²) in [7, 11) is 0. The van der Waals surface area contributed by atoms with Gasteiger partial charge in [-0.3, -0.25) is 14.4 Å². The number of aliphatic hydroxyl groups is 1. The Labute approximate surface area is 195 Å². The molecule has 1 saturated heterocycles. The van der Waals surface area contributed by atoms with Gasteiger partial charge in [-0.1, -0.05) is 15.9 Å². The highest BCUT2D eigenvalue weighted by molar-refractivity contribution is 9.10. The molecule has 0 saturated carbocycles. The Hall–Kier alpha value is -2.91. The van der Waals surface area contributed by atoms with Crippen molar-refractivity contribution in [2.24, 2.45) is 5.92 Å². The number of rotatable bonds is 8. The van der Waals surface area contributed by atoms with Gasteiger partial charge in [-0.15, -0.1) is 0 Å². The molecule has 0 unspecified atom stereocenters. The minimum absolute atomic E-state index is 0.125. The van der Waals surface area contributed by atoms with Crippen molar-refractivity contribution >= 4 is 45.0 Å². The molecule has 0 radical (unpaired) electrons. The van der Waals surface area contributed by atoms with E-state index < -0.39 is 12.0 Å². The van der Waals surface area contributed by atoms with Crippen molar-refractivity contribution < 1.29 is 24.2 Å². The zero-order chi connectivity index (χ0) is 23.3. The van der Waals surface area contributed by atoms with Crippen LogP contribution in [-0.4, -0.2) is 48.6 Å². The van der Waals surface area contributed by atoms with E-state index >= 15 is 0 Å². The Morgan fingerprint density at radius 1 is 1.25 bits per heavy atom. The zero-order valence-electron chi connectivity index (χ0n) is 17.9. The quantitative estimate of drug-likeness (QED) is 0.513. The second-order valence-electron chi connectivity index (χ2n) is 7.79. The lowest BCUT2D eigenvalue weighted by Gasteiger charge is -2.17. The first-order valence-corrected chi connectivity index (χ1v) is 11.1. The van der Waals surface area contributed by atoms with Crippen LogP contribution in [0.15, 0.2) is 46.9 Å². The van der Waals surface area contributed by atoms with Crippen molar-refractivity contribution in [2.75, 3.05) is 29.9 Å². The van der Waals surface area contributed by atoms with Gasteiger partial charge in [0, 0.05) is 35.4 Å². The molecule has 3 amide bonds. The third-order valence-corrected chi connectivity index (χ3v) is 5.92. The summed E-state index contributed by atoms with van der Waals surface area (Å²) in [4.78, 5) is 38.2. The van der Waals surface area contributed by atoms with Crippen LogP contribution in [0.2, 0.25) is 0 Å². The van der Waals surface area contributed by atoms with E-state index in [2.05, 4.69) is 26.6 Å². The molecule has 3 rings (SSSR count). The van der Waals surface area contributed by atoms with Crippen LogP contribution < -0.4 is 20.3 Å². The number of hydrogen-bond acceptors (Lipinski definition) is 5. The number of aryl methyl sites for hydroxylation is 1. The summed E-state index contributed by atoms with van der Waals surface area (Å²) in [6.07, 6.45) is -0.514. The topological polar surface area (TPSA) is 108 Å². The first kappa shape index (κ1) is 23.7. The highest BCUT2D eigenvalue weighted by atomic mass is 79.9. The number of carbonyl (C=O) groups excluding carboxylic acids is 3. The largest absolute Gasteiger partial charge is 0.484 e. The van der Waals surface area contributed by atoms with Crippen molar-refractivity contribution in [1.29, 1.82) is 0 Å². The van der Waals surface area contributed by atoms with Gasteiger partial charge in [0.25, 0.3) is 5.91 Å². The summed E-state index contributed by atoms with van der Waals surface area (Å²) >= 11 is 3.42. The minimum Gasteiger partial charge on any atom is -0.484 e. The molecular formula is C23H26BrN3O5. The Morgan fingerprint density at radius 3 is 2.62 bits per heavy atom. The fraction of sp³-hybridized carbons (Fsp3) is 0.348. The number of halogens is 1. The van der Waals surface area contributed by atoms with E-state index in [1.54, 1.807) is 42.2 Å². The predicted octanol–water partition coefficient (Wildman–Crippen LogP) is 2.62. The number of amides is 3. The molecule has 0 aromatic heterocycles. The average molecular weight is 504 g/mol. The van der Waals surface area contributed by atoms with Crippen LogP contribution >= 0.6 is 15.9 Å². The van der Waals surface area contributed by atoms with Crippen LogP contribution in [0, 0.1) is 12.8 Å². The van der Waals surface area contributed by atoms with Crippen LogP contribution in [-0.2, 0) is 14.4 Å². The summed E-state index contributed by atoms with van der Waals surface area (Å²) in [6.45, 7) is 3.81. The van der Waals surface area contributed by atoms with Gasteiger partial charge in [0.05, 0.1) is 12.0 Å². The zero-order valence-corrected chi connectivity index (χ0v) is 19.5. The Morgan fingerprint density at radius 2 is 1.97 bits per heavy atom. The third kappa shape index (κ3) is 6.30. The smallest absolute Gasteiger partial charge is 0.262 e. The normalized spacial score (nSPS) is 16.6. The second kappa shape index (κ2) is 10.6. The van der Waals surface area contributed by atoms with Crippen LogP contribution in [0.25, 0.3) is 0 Å². The van der Waals surface area contributed by atoms with E-state index in [0.717, 1.165) is 10.0 Å². The van der Waals surface area contributed by atoms with E-state index in [9.17, 15) is 19.5 Å². The summed E-state index contributed by atoms with van der Waals surface area (Å²) < 4.78 is 6.51. The van der Waals surface area contributed by atoms with Gasteiger partial charge in [0.1, 0.15) is 5.75 Å². The first-order chi connectivity index (χ1) is 15.2. The Balaban J connectivity index is 1.51. The maximum Gasteiger partial charge on any atom is 0.262 e. The van der Waals surface area contributed by atoms with Crippen molar-refractivity contribution in [3.63, 3.8) is 0 Å². The standard InChI is InChI=1S/C23H26BrN3O5/c1-14-9-17(3-8-20(14)24)26-21(29)13-32-19-6-4-18(5-7-19)27-12-16(10-22(27)30)23(31)25-11-15(2)28/h3-9,15-16,28H,10-13H2,1-2H3,(H,25,31)(H,26,29)/t15-,16+/m1/s1. The third-order valence-electron chi connectivity index (χ3n) is 5.03. The first-order valence-electron chi connectivity index (χ1n) is 10.3. The number of ether oxygens (including phenoxy) is 1. The molecule has 0 bridgehead atoms. The fourth-order valence-corrected chi connectivity index (χ4v) is 3.56. The van der Waals surface area contributed by atoms with E-state index in [1.807, 2.05) is 19.1 Å². The van der Waals surface area contributed by atoms with Crippen LogP contribution in [0.1, 0.15) is 18.9 Å². The number of anilines is 2. The number of nitrogens with one attached hydrogen (secondary N) is 2. The highest BCUT2D eigenvalue weighted by Gasteiger charge is 2.35. The SMILES string of the molecule is Cc1cc(NC(=O)COc2ccc(N3C[C@@H](C(=O)NC[C@@H](C)O)CC3=O)cc2)ccc1Br. The minimum atomic E-state index is -0.638. The average Bonchev–Trinajstić information content (AvgIpc) is 3.15. The molecule has 0 aliphatic carbocycles. The van der Waals surface area contributed by atoms with Crippen molar-refractivity contribution in [2.45, 2.75) is 26.4 Å². The van der Waals surface area contributed by atoms with Gasteiger partial charge < -0.3 is 25.4 Å². The number of hydrogen-bond donors (Lipinski definition) is 3. The highest BCUT2D eigenvalue weighted by Crippen LogP contribution is 2.27. The predicted molar refractivity (Wildman–Crippen MR) is 125 cm³/mol. The molecular weight excluding hydrogens is 478 g/mol. The van der Waals surface area contributed by atoms with Gasteiger partial charge >= 0.3 is 0 Å². The summed E-state index contributed by atoms with van der Waals surface area (Å²) in [5.41, 5.74) is 2.36. The van der Waals surface area contributed by atoms with Crippen LogP contribution in [0.4, 0.5) is 11.4 Å². The monoisotopic (exact) mass is 503 g/mol. The number of benzene rings is 2. The summed E-state index contributed by atoms with van der Waals surface area (Å²) in [6, 6.07) is 12.3. The molecule has 170 valence electrons. The van der Waals surface area contributed by atoms with E-state index in [1.165, 1.54) is 0 Å². The van der Waals surface area contributed by atoms with Crippen LogP contribution in [0.3, 0.4) is 0 Å². The van der Waals surface area contributed by atoms with Gasteiger partial charge in [-0.25, -0.2) is 0 Å². The molecule has 1 heterocycles. The molecule has 3 N–H and O–H groups in total. The summed E-state index contributed by atoms with van der Waals surface area (Å²) in [5.74, 6) is -0.623. The van der Waals surface area contributed by atoms with E-state index in [4.69, 9.17) is 4.74 Å². The molecule has 8 nitrogen and oxygen atoms in total. The molecule has 0 spiro atoms. The summed E-state index contributed by atoms with van der Waals surface area (Å²) in [5, 5.41) is 14.7. The van der Waals surface area contributed by atoms with E-state index in [0.29, 0.717) is 17.1 Å². The molecule has 32 heavy (non-hydrogen) atoms. The van der Waals surface area contributed by atoms with Gasteiger partial charge in [0.2, 0.25) is 11.8 Å². The van der Waals surface area contributed by atoms with Crippen molar-refractivity contribution in [1.82, 2.24) is 5.32 Å². The van der Waals surface area contributed by atoms with Crippen LogP contribution in [0.5, 0.6) is 5.75 Å². The Bertz CT molecular complexity index is 994. The van der Waals surface area contributed by atoms with Crippen molar-refractivity contribution in [3.8, 4) is 5.75 Å². The van der Waals surface area contributed by atoms with Gasteiger partial charge in [0.15, 0.2) is 6.61 Å². The number of aliphatic hydroxyl groups excluding tert-OH is 1. The Kier molecular flexibility index (Phi) is 7.87.